The molecule has 2 aromatic rings. The maximum absolute atomic E-state index is 13.1. The van der Waals surface area contributed by atoms with E-state index in [0.29, 0.717) is 11.7 Å². The van der Waals surface area contributed by atoms with E-state index in [1.807, 2.05) is 11.9 Å². The van der Waals surface area contributed by atoms with Crippen LogP contribution >= 0.6 is 0 Å². The van der Waals surface area contributed by atoms with Crippen molar-refractivity contribution < 1.29 is 9.18 Å². The number of nitrogens with zero attached hydrogens (tertiary/aromatic N) is 1. The molecule has 5 heteroatoms. The van der Waals surface area contributed by atoms with Crippen molar-refractivity contribution in [2.75, 3.05) is 20.1 Å². The number of halogens is 1. The first-order valence-corrected chi connectivity index (χ1v) is 6.42. The molecule has 2 heterocycles. The maximum atomic E-state index is 13.1. The molecule has 2 N–H and O–H groups in total. The van der Waals surface area contributed by atoms with E-state index in [1.165, 1.54) is 12.1 Å². The highest BCUT2D eigenvalue weighted by molar-refractivity contribution is 5.98. The summed E-state index contributed by atoms with van der Waals surface area (Å²) in [6, 6.07) is 6.56. The number of fused-ring (bicyclic) bond motifs is 1. The number of amides is 1. The Bertz CT molecular complexity index is 622. The number of rotatable bonds is 2. The number of aromatic nitrogens is 1. The minimum Gasteiger partial charge on any atom is -0.351 e. The van der Waals surface area contributed by atoms with Crippen LogP contribution in [0.1, 0.15) is 16.9 Å². The Morgan fingerprint density at radius 3 is 3.05 bits per heavy atom. The lowest BCUT2D eigenvalue weighted by molar-refractivity contribution is 0.0785. The molecular formula is C14H16FN3O. The number of carbonyl (C=O) groups is 1. The molecule has 19 heavy (non-hydrogen) atoms. The van der Waals surface area contributed by atoms with Gasteiger partial charge >= 0.3 is 0 Å². The Kier molecular flexibility index (Phi) is 2.98. The van der Waals surface area contributed by atoms with E-state index in [2.05, 4.69) is 10.3 Å². The van der Waals surface area contributed by atoms with E-state index in [0.717, 1.165) is 30.4 Å². The topological polar surface area (TPSA) is 48.1 Å². The maximum Gasteiger partial charge on any atom is 0.270 e. The molecule has 1 amide bonds. The Hall–Kier alpha value is -1.88. The van der Waals surface area contributed by atoms with E-state index in [1.54, 1.807) is 12.1 Å². The third-order valence-corrected chi connectivity index (χ3v) is 3.70. The molecule has 0 unspecified atom stereocenters. The van der Waals surface area contributed by atoms with Gasteiger partial charge < -0.3 is 15.2 Å². The zero-order valence-corrected chi connectivity index (χ0v) is 10.7. The summed E-state index contributed by atoms with van der Waals surface area (Å²) in [6.45, 7) is 1.48. The van der Waals surface area contributed by atoms with Gasteiger partial charge in [0.1, 0.15) is 11.5 Å². The summed E-state index contributed by atoms with van der Waals surface area (Å²) in [5, 5.41) is 3.91. The molecule has 100 valence electrons. The third kappa shape index (κ3) is 2.21. The zero-order valence-electron chi connectivity index (χ0n) is 10.7. The lowest BCUT2D eigenvalue weighted by Gasteiger charge is -2.15. The first-order valence-electron chi connectivity index (χ1n) is 6.42. The van der Waals surface area contributed by atoms with Gasteiger partial charge in [-0.15, -0.1) is 0 Å². The average Bonchev–Trinajstić information content (AvgIpc) is 3.03. The summed E-state index contributed by atoms with van der Waals surface area (Å²) >= 11 is 0. The normalized spacial score (nSPS) is 19.3. The van der Waals surface area contributed by atoms with Crippen molar-refractivity contribution >= 4 is 16.8 Å². The van der Waals surface area contributed by atoms with E-state index in [-0.39, 0.29) is 11.7 Å². The first-order chi connectivity index (χ1) is 9.17. The van der Waals surface area contributed by atoms with Crippen LogP contribution in [0.5, 0.6) is 0 Å². The predicted molar refractivity (Wildman–Crippen MR) is 71.6 cm³/mol. The summed E-state index contributed by atoms with van der Waals surface area (Å²) in [5.74, 6) is -0.309. The number of benzene rings is 1. The molecule has 1 aromatic heterocycles. The predicted octanol–water partition coefficient (Wildman–Crippen LogP) is 1.74. The van der Waals surface area contributed by atoms with E-state index in [4.69, 9.17) is 0 Å². The number of nitrogens with one attached hydrogen (secondary N) is 2. The van der Waals surface area contributed by atoms with Crippen LogP contribution in [0.15, 0.2) is 24.3 Å². The number of aromatic amines is 1. The van der Waals surface area contributed by atoms with Crippen molar-refractivity contribution in [3.8, 4) is 0 Å². The highest BCUT2D eigenvalue weighted by Crippen LogP contribution is 2.19. The second-order valence-corrected chi connectivity index (χ2v) is 4.94. The molecule has 1 aromatic carbocycles. The van der Waals surface area contributed by atoms with Crippen molar-refractivity contribution in [1.82, 2.24) is 15.2 Å². The summed E-state index contributed by atoms with van der Waals surface area (Å²) in [6.07, 6.45) is 0.969. The van der Waals surface area contributed by atoms with Gasteiger partial charge in [-0.1, -0.05) is 0 Å². The van der Waals surface area contributed by atoms with Gasteiger partial charge in [0.2, 0.25) is 0 Å². The molecule has 0 bridgehead atoms. The Morgan fingerprint density at radius 1 is 1.47 bits per heavy atom. The first kappa shape index (κ1) is 12.2. The van der Waals surface area contributed by atoms with Gasteiger partial charge in [-0.2, -0.15) is 0 Å². The van der Waals surface area contributed by atoms with Gasteiger partial charge in [-0.25, -0.2) is 4.39 Å². The molecule has 0 aliphatic carbocycles. The SMILES string of the molecule is CN[C@@H]1CCN(C(=O)c2cc3cc(F)ccc3[nH]2)C1. The molecule has 1 fully saturated rings. The fourth-order valence-corrected chi connectivity index (χ4v) is 2.57. The monoisotopic (exact) mass is 261 g/mol. The standard InChI is InChI=1S/C14H16FN3O/c1-16-11-4-5-18(8-11)14(19)13-7-9-6-10(15)2-3-12(9)17-13/h2-3,6-7,11,16-17H,4-5,8H2,1H3/t11-/m1/s1. The number of hydrogen-bond donors (Lipinski definition) is 2. The Balaban J connectivity index is 1.86. The molecule has 3 rings (SSSR count). The lowest BCUT2D eigenvalue weighted by atomic mass is 10.2. The van der Waals surface area contributed by atoms with Gasteiger partial charge in [0.15, 0.2) is 0 Å². The van der Waals surface area contributed by atoms with Crippen LogP contribution in [0.3, 0.4) is 0 Å². The number of H-pyrrole nitrogens is 1. The van der Waals surface area contributed by atoms with E-state index >= 15 is 0 Å². The van der Waals surface area contributed by atoms with Crippen LogP contribution in [-0.2, 0) is 0 Å². The van der Waals surface area contributed by atoms with E-state index < -0.39 is 0 Å². The molecule has 1 aliphatic rings. The van der Waals surface area contributed by atoms with Gasteiger partial charge in [0, 0.05) is 30.0 Å². The molecular weight excluding hydrogens is 245 g/mol. The summed E-state index contributed by atoms with van der Waals surface area (Å²) in [4.78, 5) is 17.2. The molecule has 0 saturated carbocycles. The fraction of sp³-hybridized carbons (Fsp3) is 0.357. The molecule has 4 nitrogen and oxygen atoms in total. The number of likely N-dealkylation sites (tertiary alicyclic amines) is 1. The van der Waals surface area contributed by atoms with Gasteiger partial charge in [-0.3, -0.25) is 4.79 Å². The second-order valence-electron chi connectivity index (χ2n) is 4.94. The van der Waals surface area contributed by atoms with Crippen molar-refractivity contribution in [1.29, 1.82) is 0 Å². The Morgan fingerprint density at radius 2 is 2.32 bits per heavy atom. The average molecular weight is 261 g/mol. The van der Waals surface area contributed by atoms with Crippen molar-refractivity contribution in [3.05, 3.63) is 35.8 Å². The summed E-state index contributed by atoms with van der Waals surface area (Å²) in [7, 11) is 1.91. The van der Waals surface area contributed by atoms with Crippen LogP contribution in [0, 0.1) is 5.82 Å². The molecule has 1 saturated heterocycles. The second kappa shape index (κ2) is 4.66. The van der Waals surface area contributed by atoms with Crippen LogP contribution < -0.4 is 5.32 Å². The quantitative estimate of drug-likeness (QED) is 0.865. The van der Waals surface area contributed by atoms with Crippen LogP contribution in [0.25, 0.3) is 10.9 Å². The number of hydrogen-bond acceptors (Lipinski definition) is 2. The lowest BCUT2D eigenvalue weighted by Crippen LogP contribution is -2.33. The van der Waals surface area contributed by atoms with Crippen LogP contribution in [0.2, 0.25) is 0 Å². The summed E-state index contributed by atoms with van der Waals surface area (Å²) < 4.78 is 13.1. The molecule has 1 aliphatic heterocycles. The highest BCUT2D eigenvalue weighted by Gasteiger charge is 2.26. The molecule has 1 atom stereocenters. The minimum absolute atomic E-state index is 0.0191. The van der Waals surface area contributed by atoms with Crippen LogP contribution in [0.4, 0.5) is 4.39 Å². The smallest absolute Gasteiger partial charge is 0.270 e. The van der Waals surface area contributed by atoms with Crippen molar-refractivity contribution in [2.24, 2.45) is 0 Å². The van der Waals surface area contributed by atoms with Gasteiger partial charge in [0.25, 0.3) is 5.91 Å². The van der Waals surface area contributed by atoms with Crippen molar-refractivity contribution in [3.63, 3.8) is 0 Å². The molecule has 0 spiro atoms. The number of likely N-dealkylation sites (N-methyl/N-ethyl adjacent to an activating group) is 1. The fourth-order valence-electron chi connectivity index (χ4n) is 2.57. The summed E-state index contributed by atoms with van der Waals surface area (Å²) in [5.41, 5.74) is 1.31. The Labute approximate surface area is 110 Å². The third-order valence-electron chi connectivity index (χ3n) is 3.70. The van der Waals surface area contributed by atoms with E-state index in [9.17, 15) is 9.18 Å². The van der Waals surface area contributed by atoms with Gasteiger partial charge in [0.05, 0.1) is 0 Å². The molecule has 0 radical (unpaired) electrons. The minimum atomic E-state index is -0.290. The number of carbonyl (C=O) groups excluding carboxylic acids is 1. The zero-order chi connectivity index (χ0) is 13.4. The van der Waals surface area contributed by atoms with Crippen LogP contribution in [-0.4, -0.2) is 42.0 Å². The largest absolute Gasteiger partial charge is 0.351 e. The van der Waals surface area contributed by atoms with Gasteiger partial charge in [-0.05, 0) is 37.7 Å². The van der Waals surface area contributed by atoms with Crippen molar-refractivity contribution in [2.45, 2.75) is 12.5 Å². The highest BCUT2D eigenvalue weighted by atomic mass is 19.1.